The van der Waals surface area contributed by atoms with Crippen molar-refractivity contribution in [2.24, 2.45) is 0 Å². The standard InChI is InChI=1S/C32H26F2N4O3/c1-5-38-19(4)29(21-7-9-23(33)10-8-21)32(40)31(37-38)26(39)15-20-6-11-27(24(34)14-20)41-28-12-13-35-25-16-22(18(2)3)17-36-30(25)28/h6-14,16-17H,2,5,15H2,1,3-4H3. The van der Waals surface area contributed by atoms with Gasteiger partial charge in [-0.05, 0) is 73.4 Å². The third-order valence-electron chi connectivity index (χ3n) is 6.72. The van der Waals surface area contributed by atoms with Gasteiger partial charge in [-0.1, -0.05) is 24.8 Å². The Morgan fingerprint density at radius 3 is 2.46 bits per heavy atom. The molecule has 0 saturated heterocycles. The monoisotopic (exact) mass is 552 g/mol. The topological polar surface area (TPSA) is 87.0 Å². The molecule has 0 amide bonds. The van der Waals surface area contributed by atoms with Crippen molar-refractivity contribution in [2.75, 3.05) is 0 Å². The molecular weight excluding hydrogens is 526 g/mol. The lowest BCUT2D eigenvalue weighted by molar-refractivity contribution is 0.0984. The van der Waals surface area contributed by atoms with E-state index in [1.807, 2.05) is 19.9 Å². The summed E-state index contributed by atoms with van der Waals surface area (Å²) in [5, 5.41) is 4.28. The number of ether oxygens (including phenoxy) is 1. The highest BCUT2D eigenvalue weighted by Gasteiger charge is 2.22. The molecule has 0 N–H and O–H groups in total. The lowest BCUT2D eigenvalue weighted by Crippen LogP contribution is -2.27. The zero-order chi connectivity index (χ0) is 29.3. The summed E-state index contributed by atoms with van der Waals surface area (Å²) in [5.74, 6) is -1.42. The molecular formula is C32H26F2N4O3. The minimum absolute atomic E-state index is 0.0557. The Morgan fingerprint density at radius 2 is 1.78 bits per heavy atom. The fourth-order valence-electron chi connectivity index (χ4n) is 4.55. The van der Waals surface area contributed by atoms with Gasteiger partial charge >= 0.3 is 0 Å². The third kappa shape index (κ3) is 5.51. The summed E-state index contributed by atoms with van der Waals surface area (Å²) >= 11 is 0. The van der Waals surface area contributed by atoms with Crippen LogP contribution in [0.15, 0.2) is 78.4 Å². The second-order valence-corrected chi connectivity index (χ2v) is 9.61. The first-order valence-corrected chi connectivity index (χ1v) is 12.9. The first-order valence-electron chi connectivity index (χ1n) is 12.9. The molecule has 0 aliphatic heterocycles. The van der Waals surface area contributed by atoms with Crippen molar-refractivity contribution in [1.82, 2.24) is 19.7 Å². The van der Waals surface area contributed by atoms with Crippen molar-refractivity contribution in [2.45, 2.75) is 33.7 Å². The largest absolute Gasteiger partial charge is 0.452 e. The predicted octanol–water partition coefficient (Wildman–Crippen LogP) is 6.71. The van der Waals surface area contributed by atoms with Crippen molar-refractivity contribution < 1.29 is 18.3 Å². The SMILES string of the molecule is C=C(C)c1cnc2c(Oc3ccc(CC(=O)c4nn(CC)c(C)c(-c5ccc(F)cc5)c4=O)cc3F)ccnc2c1. The van der Waals surface area contributed by atoms with E-state index in [9.17, 15) is 14.0 Å². The summed E-state index contributed by atoms with van der Waals surface area (Å²) in [7, 11) is 0. The van der Waals surface area contributed by atoms with E-state index in [0.717, 1.165) is 11.1 Å². The third-order valence-corrected chi connectivity index (χ3v) is 6.72. The van der Waals surface area contributed by atoms with Crippen LogP contribution in [0, 0.1) is 18.6 Å². The van der Waals surface area contributed by atoms with Gasteiger partial charge in [0.05, 0.1) is 11.1 Å². The van der Waals surface area contributed by atoms with E-state index >= 15 is 4.39 Å². The number of fused-ring (bicyclic) bond motifs is 1. The average molecular weight is 553 g/mol. The van der Waals surface area contributed by atoms with Crippen LogP contribution in [0.1, 0.15) is 41.2 Å². The highest BCUT2D eigenvalue weighted by Crippen LogP contribution is 2.31. The van der Waals surface area contributed by atoms with Crippen molar-refractivity contribution in [3.8, 4) is 22.6 Å². The van der Waals surface area contributed by atoms with Gasteiger partial charge in [0.1, 0.15) is 11.3 Å². The second-order valence-electron chi connectivity index (χ2n) is 9.61. The summed E-state index contributed by atoms with van der Waals surface area (Å²) in [5.41, 5.74) is 3.55. The second kappa shape index (κ2) is 11.2. The Kier molecular flexibility index (Phi) is 7.52. The summed E-state index contributed by atoms with van der Waals surface area (Å²) in [4.78, 5) is 35.3. The van der Waals surface area contributed by atoms with Crippen LogP contribution >= 0.6 is 0 Å². The Hall–Kier alpha value is -5.05. The van der Waals surface area contributed by atoms with Gasteiger partial charge in [0.2, 0.25) is 5.43 Å². The van der Waals surface area contributed by atoms with Crippen molar-refractivity contribution in [3.63, 3.8) is 0 Å². The van der Waals surface area contributed by atoms with Gasteiger partial charge in [-0.25, -0.2) is 8.78 Å². The molecule has 0 saturated carbocycles. The van der Waals surface area contributed by atoms with E-state index in [-0.39, 0.29) is 23.4 Å². The van der Waals surface area contributed by atoms with Crippen molar-refractivity contribution in [3.05, 3.63) is 118 Å². The number of benzene rings is 2. The van der Waals surface area contributed by atoms with E-state index in [4.69, 9.17) is 4.74 Å². The number of carbonyl (C=O) groups excluding carboxylic acids is 1. The molecule has 206 valence electrons. The number of rotatable bonds is 8. The number of halogens is 2. The Morgan fingerprint density at radius 1 is 1.02 bits per heavy atom. The molecule has 0 fully saturated rings. The maximum atomic E-state index is 15.1. The highest BCUT2D eigenvalue weighted by molar-refractivity contribution is 5.96. The molecule has 3 heterocycles. The van der Waals surface area contributed by atoms with Gasteiger partial charge in [0.25, 0.3) is 0 Å². The Labute approximate surface area is 234 Å². The van der Waals surface area contributed by atoms with Gasteiger partial charge in [0, 0.05) is 37.1 Å². The van der Waals surface area contributed by atoms with Crippen molar-refractivity contribution in [1.29, 1.82) is 0 Å². The smallest absolute Gasteiger partial charge is 0.219 e. The lowest BCUT2D eigenvalue weighted by atomic mass is 10.00. The van der Waals surface area contributed by atoms with Crippen LogP contribution < -0.4 is 10.2 Å². The van der Waals surface area contributed by atoms with E-state index in [1.54, 1.807) is 36.1 Å². The maximum absolute atomic E-state index is 15.1. The van der Waals surface area contributed by atoms with Crippen LogP contribution in [0.25, 0.3) is 27.7 Å². The molecule has 0 atom stereocenters. The number of ketones is 1. The van der Waals surface area contributed by atoms with Gasteiger partial charge < -0.3 is 4.74 Å². The van der Waals surface area contributed by atoms with E-state index in [0.29, 0.717) is 40.1 Å². The molecule has 0 unspecified atom stereocenters. The summed E-state index contributed by atoms with van der Waals surface area (Å²) in [6, 6.07) is 13.1. The molecule has 5 rings (SSSR count). The van der Waals surface area contributed by atoms with Crippen LogP contribution in [0.2, 0.25) is 0 Å². The average Bonchev–Trinajstić information content (AvgIpc) is 2.95. The van der Waals surface area contributed by atoms with Gasteiger partial charge in [-0.2, -0.15) is 5.10 Å². The lowest BCUT2D eigenvalue weighted by Gasteiger charge is -2.14. The van der Waals surface area contributed by atoms with Crippen molar-refractivity contribution >= 4 is 22.4 Å². The summed E-state index contributed by atoms with van der Waals surface area (Å²) in [6.07, 6.45) is 2.94. The van der Waals surface area contributed by atoms with Gasteiger partial charge in [-0.15, -0.1) is 0 Å². The molecule has 2 aromatic carbocycles. The molecule has 0 aliphatic carbocycles. The number of nitrogens with zero attached hydrogens (tertiary/aromatic N) is 4. The predicted molar refractivity (Wildman–Crippen MR) is 153 cm³/mol. The Bertz CT molecular complexity index is 1880. The quantitative estimate of drug-likeness (QED) is 0.199. The number of Topliss-reactive ketones (excluding diaryl/α,β-unsaturated/α-hetero) is 1. The maximum Gasteiger partial charge on any atom is 0.219 e. The van der Waals surface area contributed by atoms with Crippen LogP contribution in [-0.4, -0.2) is 25.5 Å². The Balaban J connectivity index is 1.42. The van der Waals surface area contributed by atoms with Crippen LogP contribution in [-0.2, 0) is 13.0 Å². The molecule has 0 bridgehead atoms. The molecule has 41 heavy (non-hydrogen) atoms. The number of carbonyl (C=O) groups is 1. The fraction of sp³-hybridized carbons (Fsp3) is 0.156. The van der Waals surface area contributed by atoms with Crippen LogP contribution in [0.5, 0.6) is 11.5 Å². The zero-order valence-electron chi connectivity index (χ0n) is 22.7. The summed E-state index contributed by atoms with van der Waals surface area (Å²) in [6.45, 7) is 9.75. The number of hydrogen-bond acceptors (Lipinski definition) is 6. The normalized spacial score (nSPS) is 11.0. The number of hydrogen-bond donors (Lipinski definition) is 0. The molecule has 0 aliphatic rings. The summed E-state index contributed by atoms with van der Waals surface area (Å²) < 4.78 is 36.0. The van der Waals surface area contributed by atoms with Crippen LogP contribution in [0.4, 0.5) is 8.78 Å². The molecule has 0 radical (unpaired) electrons. The number of allylic oxidation sites excluding steroid dienone is 1. The first-order chi connectivity index (χ1) is 19.7. The van der Waals surface area contributed by atoms with Crippen LogP contribution in [0.3, 0.4) is 0 Å². The van der Waals surface area contributed by atoms with E-state index < -0.39 is 22.8 Å². The number of aromatic nitrogens is 4. The minimum atomic E-state index is -0.686. The molecule has 9 heteroatoms. The van der Waals surface area contributed by atoms with E-state index in [1.165, 1.54) is 36.4 Å². The fourth-order valence-corrected chi connectivity index (χ4v) is 4.55. The zero-order valence-corrected chi connectivity index (χ0v) is 22.7. The molecule has 7 nitrogen and oxygen atoms in total. The number of pyridine rings is 2. The van der Waals surface area contributed by atoms with Gasteiger partial charge in [-0.3, -0.25) is 24.2 Å². The molecule has 5 aromatic rings. The highest BCUT2D eigenvalue weighted by atomic mass is 19.1. The minimum Gasteiger partial charge on any atom is -0.452 e. The number of aryl methyl sites for hydroxylation is 1. The molecule has 0 spiro atoms. The van der Waals surface area contributed by atoms with Gasteiger partial charge in [0.15, 0.2) is 28.8 Å². The van der Waals surface area contributed by atoms with E-state index in [2.05, 4.69) is 21.6 Å². The first kappa shape index (κ1) is 27.5. The molecule has 3 aromatic heterocycles.